The smallest absolute Gasteiger partial charge is 0.403 e. The first-order valence-corrected chi connectivity index (χ1v) is 14.8. The molecular weight excluding hydrogens is 420 g/mol. The van der Waals surface area contributed by atoms with E-state index in [0.29, 0.717) is 12.3 Å². The second-order valence-electron chi connectivity index (χ2n) is 9.91. The lowest BCUT2D eigenvalue weighted by molar-refractivity contribution is -0.275. The summed E-state index contributed by atoms with van der Waals surface area (Å²) in [6.07, 6.45) is 9.14. The number of rotatable bonds is 9. The molecule has 3 rings (SSSR count). The molecule has 0 spiro atoms. The van der Waals surface area contributed by atoms with Crippen molar-refractivity contribution in [2.75, 3.05) is 0 Å². The van der Waals surface area contributed by atoms with Crippen molar-refractivity contribution in [1.82, 2.24) is 0 Å². The van der Waals surface area contributed by atoms with Crippen LogP contribution in [-0.4, -0.2) is 15.2 Å². The van der Waals surface area contributed by atoms with Gasteiger partial charge in [-0.2, -0.15) is 0 Å². The number of aryl methyl sites for hydroxylation is 1. The highest BCUT2D eigenvalue weighted by molar-refractivity contribution is 6.58. The van der Waals surface area contributed by atoms with Gasteiger partial charge in [-0.15, -0.1) is 13.2 Å². The third kappa shape index (κ3) is 8.10. The molecule has 31 heavy (non-hydrogen) atoms. The van der Waals surface area contributed by atoms with Crippen molar-refractivity contribution in [2.24, 2.45) is 17.8 Å². The van der Waals surface area contributed by atoms with Gasteiger partial charge in [0.15, 0.2) is 11.6 Å². The van der Waals surface area contributed by atoms with Gasteiger partial charge < -0.3 is 4.74 Å². The summed E-state index contributed by atoms with van der Waals surface area (Å²) < 4.78 is 54.4. The molecule has 6 heteroatoms. The fourth-order valence-electron chi connectivity index (χ4n) is 5.86. The highest BCUT2D eigenvalue weighted by Gasteiger charge is 2.33. The first kappa shape index (κ1) is 24.6. The van der Waals surface area contributed by atoms with Gasteiger partial charge in [0.05, 0.1) is 0 Å². The molecule has 1 saturated carbocycles. The number of hydrogen-bond donors (Lipinski definition) is 0. The number of benzene rings is 1. The Morgan fingerprint density at radius 3 is 2.26 bits per heavy atom. The van der Waals surface area contributed by atoms with E-state index >= 15 is 0 Å². The topological polar surface area (TPSA) is 9.23 Å². The van der Waals surface area contributed by atoms with E-state index in [4.69, 9.17) is 0 Å². The van der Waals surface area contributed by atoms with Crippen LogP contribution in [0.25, 0.3) is 0 Å². The van der Waals surface area contributed by atoms with Crippen LogP contribution in [0.2, 0.25) is 18.1 Å². The largest absolute Gasteiger partial charge is 0.573 e. The van der Waals surface area contributed by atoms with Crippen molar-refractivity contribution in [3.63, 3.8) is 0 Å². The Labute approximate surface area is 186 Å². The average Bonchev–Trinajstić information content (AvgIpc) is 2.74. The minimum Gasteiger partial charge on any atom is -0.403 e. The molecule has 1 aliphatic heterocycles. The van der Waals surface area contributed by atoms with Crippen LogP contribution in [0.4, 0.5) is 17.6 Å². The van der Waals surface area contributed by atoms with E-state index in [9.17, 15) is 17.6 Å². The SMILES string of the molecule is CCCCC[SiH]1CCC(C2CCC(CCc3ccc(OC(F)(F)F)c(F)c3)CC2)CC1. The van der Waals surface area contributed by atoms with E-state index in [1.165, 1.54) is 63.9 Å². The fourth-order valence-corrected chi connectivity index (χ4v) is 9.39. The second kappa shape index (κ2) is 11.7. The van der Waals surface area contributed by atoms with Crippen LogP contribution in [0.5, 0.6) is 5.75 Å². The predicted molar refractivity (Wildman–Crippen MR) is 121 cm³/mol. The van der Waals surface area contributed by atoms with Crippen LogP contribution in [0.15, 0.2) is 18.2 Å². The van der Waals surface area contributed by atoms with Gasteiger partial charge in [-0.25, -0.2) is 4.39 Å². The van der Waals surface area contributed by atoms with E-state index in [0.717, 1.165) is 29.9 Å². The number of alkyl halides is 3. The second-order valence-corrected chi connectivity index (χ2v) is 13.4. The van der Waals surface area contributed by atoms with Crippen molar-refractivity contribution in [2.45, 2.75) is 102 Å². The molecule has 0 N–H and O–H groups in total. The van der Waals surface area contributed by atoms with Gasteiger partial charge >= 0.3 is 6.36 Å². The Morgan fingerprint density at radius 2 is 1.65 bits per heavy atom. The number of unbranched alkanes of at least 4 members (excludes halogenated alkanes) is 2. The lowest BCUT2D eigenvalue weighted by Gasteiger charge is -2.37. The monoisotopic (exact) mass is 458 g/mol. The van der Waals surface area contributed by atoms with Crippen LogP contribution in [0, 0.1) is 23.6 Å². The standard InChI is InChI=1S/C25H38F4OSi/c1-2-3-4-15-31-16-13-22(14-17-31)21-10-7-19(8-11-21)5-6-20-9-12-24(23(26)18-20)30-25(27,28)29/h9,12,18-19,21-22,31H,2-8,10-11,13-17H2,1H3. The summed E-state index contributed by atoms with van der Waals surface area (Å²) in [5.41, 5.74) is 0.750. The molecule has 0 aromatic heterocycles. The van der Waals surface area contributed by atoms with E-state index in [1.807, 2.05) is 0 Å². The molecule has 1 aromatic rings. The molecule has 0 atom stereocenters. The zero-order valence-electron chi connectivity index (χ0n) is 18.9. The Morgan fingerprint density at radius 1 is 0.968 bits per heavy atom. The van der Waals surface area contributed by atoms with Crippen molar-refractivity contribution >= 4 is 8.80 Å². The number of halogens is 4. The lowest BCUT2D eigenvalue weighted by atomic mass is 9.73. The van der Waals surface area contributed by atoms with Crippen molar-refractivity contribution < 1.29 is 22.3 Å². The quantitative estimate of drug-likeness (QED) is 0.205. The van der Waals surface area contributed by atoms with Gasteiger partial charge in [-0.1, -0.05) is 76.1 Å². The Kier molecular flexibility index (Phi) is 9.29. The molecule has 2 aliphatic rings. The average molecular weight is 459 g/mol. The maximum absolute atomic E-state index is 13.9. The van der Waals surface area contributed by atoms with Crippen LogP contribution in [0.3, 0.4) is 0 Å². The first-order valence-electron chi connectivity index (χ1n) is 12.4. The minimum atomic E-state index is -4.86. The Hall–Kier alpha value is -1.04. The van der Waals surface area contributed by atoms with Gasteiger partial charge in [0, 0.05) is 8.80 Å². The van der Waals surface area contributed by atoms with Crippen molar-refractivity contribution in [3.05, 3.63) is 29.6 Å². The Balaban J connectivity index is 1.36. The third-order valence-corrected chi connectivity index (χ3v) is 11.3. The van der Waals surface area contributed by atoms with Gasteiger partial charge in [0.2, 0.25) is 0 Å². The highest BCUT2D eigenvalue weighted by atomic mass is 28.3. The van der Waals surface area contributed by atoms with Crippen LogP contribution >= 0.6 is 0 Å². The molecule has 0 radical (unpaired) electrons. The summed E-state index contributed by atoms with van der Waals surface area (Å²) in [5, 5.41) is 0. The molecule has 176 valence electrons. The fraction of sp³-hybridized carbons (Fsp3) is 0.760. The summed E-state index contributed by atoms with van der Waals surface area (Å²) in [6, 6.07) is 8.53. The molecule has 0 amide bonds. The Bertz CT molecular complexity index is 662. The molecular formula is C25H38F4OSi. The molecule has 1 aliphatic carbocycles. The molecule has 1 nitrogen and oxygen atoms in total. The van der Waals surface area contributed by atoms with Gasteiger partial charge in [0.1, 0.15) is 0 Å². The van der Waals surface area contributed by atoms with Crippen LogP contribution in [-0.2, 0) is 6.42 Å². The third-order valence-electron chi connectivity index (χ3n) is 7.73. The van der Waals surface area contributed by atoms with E-state index in [-0.39, 0.29) is 0 Å². The van der Waals surface area contributed by atoms with Gasteiger partial charge in [0.25, 0.3) is 0 Å². The zero-order chi connectivity index (χ0) is 22.3. The number of hydrogen-bond acceptors (Lipinski definition) is 1. The van der Waals surface area contributed by atoms with Crippen LogP contribution in [0.1, 0.15) is 76.7 Å². The van der Waals surface area contributed by atoms with Gasteiger partial charge in [-0.05, 0) is 61.1 Å². The van der Waals surface area contributed by atoms with E-state index < -0.39 is 26.7 Å². The lowest BCUT2D eigenvalue weighted by Crippen LogP contribution is -2.28. The summed E-state index contributed by atoms with van der Waals surface area (Å²) in [4.78, 5) is 0. The summed E-state index contributed by atoms with van der Waals surface area (Å²) in [5.74, 6) is 0.821. The van der Waals surface area contributed by atoms with Gasteiger partial charge in [-0.3, -0.25) is 0 Å². The first-order chi connectivity index (χ1) is 14.8. The zero-order valence-corrected chi connectivity index (χ0v) is 20.0. The molecule has 1 heterocycles. The number of ether oxygens (including phenoxy) is 1. The van der Waals surface area contributed by atoms with E-state index in [1.54, 1.807) is 24.2 Å². The summed E-state index contributed by atoms with van der Waals surface area (Å²) >= 11 is 0. The molecule has 2 fully saturated rings. The highest BCUT2D eigenvalue weighted by Crippen LogP contribution is 2.42. The summed E-state index contributed by atoms with van der Waals surface area (Å²) in [6.45, 7) is 2.29. The van der Waals surface area contributed by atoms with Crippen molar-refractivity contribution in [3.8, 4) is 5.75 Å². The molecule has 1 aromatic carbocycles. The maximum Gasteiger partial charge on any atom is 0.573 e. The predicted octanol–water partition coefficient (Wildman–Crippen LogP) is 8.29. The minimum absolute atomic E-state index is 0.431. The molecule has 0 bridgehead atoms. The molecule has 1 saturated heterocycles. The van der Waals surface area contributed by atoms with Crippen LogP contribution < -0.4 is 4.74 Å². The maximum atomic E-state index is 13.9. The van der Waals surface area contributed by atoms with E-state index in [2.05, 4.69) is 11.7 Å². The van der Waals surface area contributed by atoms with Crippen molar-refractivity contribution in [1.29, 1.82) is 0 Å². The normalized spacial score (nSPS) is 27.3. The molecule has 0 unspecified atom stereocenters. The summed E-state index contributed by atoms with van der Waals surface area (Å²) in [7, 11) is -0.431.